The van der Waals surface area contributed by atoms with Crippen LogP contribution in [0.3, 0.4) is 0 Å². The number of hydrogen-bond donors (Lipinski definition) is 1. The van der Waals surface area contributed by atoms with E-state index in [1.165, 1.54) is 11.3 Å². The molecule has 0 aromatic carbocycles. The molecule has 1 saturated heterocycles. The Bertz CT molecular complexity index is 544. The van der Waals surface area contributed by atoms with E-state index in [0.29, 0.717) is 0 Å². The van der Waals surface area contributed by atoms with Gasteiger partial charge in [-0.2, -0.15) is 11.8 Å². The topological polar surface area (TPSA) is 49.4 Å². The highest BCUT2D eigenvalue weighted by Crippen LogP contribution is 2.33. The van der Waals surface area contributed by atoms with Gasteiger partial charge >= 0.3 is 0 Å². The first kappa shape index (κ1) is 14.9. The van der Waals surface area contributed by atoms with Crippen LogP contribution in [-0.2, 0) is 4.79 Å². The number of thioether (sulfide) groups is 1. The molecule has 1 aromatic rings. The number of thiophene rings is 1. The highest BCUT2D eigenvalue weighted by Gasteiger charge is 2.30. The lowest BCUT2D eigenvalue weighted by molar-refractivity contribution is -0.117. The van der Waals surface area contributed by atoms with Crippen LogP contribution in [0.4, 0.5) is 5.00 Å². The Morgan fingerprint density at radius 3 is 2.86 bits per heavy atom. The summed E-state index contributed by atoms with van der Waals surface area (Å²) in [5.74, 6) is 2.56. The zero-order chi connectivity index (χ0) is 14.8. The molecule has 21 heavy (non-hydrogen) atoms. The molecule has 0 spiro atoms. The van der Waals surface area contributed by atoms with E-state index in [9.17, 15) is 9.59 Å². The van der Waals surface area contributed by atoms with Crippen molar-refractivity contribution in [2.75, 3.05) is 29.9 Å². The molecule has 0 radical (unpaired) electrons. The van der Waals surface area contributed by atoms with Crippen molar-refractivity contribution in [2.45, 2.75) is 26.2 Å². The lowest BCUT2D eigenvalue weighted by Gasteiger charge is -2.19. The van der Waals surface area contributed by atoms with Gasteiger partial charge < -0.3 is 10.2 Å². The highest BCUT2D eigenvalue weighted by atomic mass is 32.2. The van der Waals surface area contributed by atoms with Crippen LogP contribution in [0.1, 0.15) is 34.5 Å². The van der Waals surface area contributed by atoms with Crippen molar-refractivity contribution in [3.8, 4) is 0 Å². The Morgan fingerprint density at radius 1 is 1.29 bits per heavy atom. The Labute approximate surface area is 133 Å². The van der Waals surface area contributed by atoms with E-state index in [0.717, 1.165) is 59.3 Å². The van der Waals surface area contributed by atoms with E-state index in [1.807, 2.05) is 29.7 Å². The van der Waals surface area contributed by atoms with Gasteiger partial charge in [-0.1, -0.05) is 0 Å². The van der Waals surface area contributed by atoms with Crippen molar-refractivity contribution in [3.63, 3.8) is 0 Å². The molecule has 1 aromatic heterocycles. The molecule has 2 aliphatic rings. The van der Waals surface area contributed by atoms with Crippen LogP contribution in [0.15, 0.2) is 6.07 Å². The molecular formula is C15H20N2O2S2. The van der Waals surface area contributed by atoms with Crippen LogP contribution < -0.4 is 5.32 Å². The number of amides is 2. The maximum atomic E-state index is 12.6. The van der Waals surface area contributed by atoms with Gasteiger partial charge in [-0.25, -0.2) is 0 Å². The average Bonchev–Trinajstić information content (AvgIpc) is 3.26. The lowest BCUT2D eigenvalue weighted by atomic mass is 10.2. The standard InChI is InChI=1S/C15H20N2O2S2/c1-10-9-12(16-14(18)11-3-4-11)21-13(10)15(19)17-5-2-7-20-8-6-17/h9,11H,2-8H2,1H3,(H,16,18). The number of aryl methyl sites for hydroxylation is 1. The summed E-state index contributed by atoms with van der Waals surface area (Å²) < 4.78 is 0. The highest BCUT2D eigenvalue weighted by molar-refractivity contribution is 7.99. The Balaban J connectivity index is 1.70. The summed E-state index contributed by atoms with van der Waals surface area (Å²) in [6.07, 6.45) is 3.05. The van der Waals surface area contributed by atoms with Crippen molar-refractivity contribution >= 4 is 39.9 Å². The molecular weight excluding hydrogens is 304 g/mol. The van der Waals surface area contributed by atoms with Crippen LogP contribution in [0.2, 0.25) is 0 Å². The van der Waals surface area contributed by atoms with E-state index in [4.69, 9.17) is 0 Å². The number of hydrogen-bond acceptors (Lipinski definition) is 4. The van der Waals surface area contributed by atoms with Gasteiger partial charge in [0.25, 0.3) is 5.91 Å². The van der Waals surface area contributed by atoms with E-state index >= 15 is 0 Å². The fourth-order valence-corrected chi connectivity index (χ4v) is 4.35. The molecule has 1 aliphatic carbocycles. The summed E-state index contributed by atoms with van der Waals surface area (Å²) in [5, 5.41) is 3.74. The fourth-order valence-electron chi connectivity index (χ4n) is 2.42. The summed E-state index contributed by atoms with van der Waals surface area (Å²) in [4.78, 5) is 27.2. The molecule has 2 amide bonds. The normalized spacial score (nSPS) is 19.2. The second-order valence-corrected chi connectivity index (χ2v) is 7.92. The monoisotopic (exact) mass is 324 g/mol. The molecule has 4 nitrogen and oxygen atoms in total. The number of nitrogens with zero attached hydrogens (tertiary/aromatic N) is 1. The minimum absolute atomic E-state index is 0.0985. The minimum atomic E-state index is 0.0985. The first-order valence-electron chi connectivity index (χ1n) is 7.43. The zero-order valence-electron chi connectivity index (χ0n) is 12.2. The summed E-state index contributed by atoms with van der Waals surface area (Å²) >= 11 is 3.32. The molecule has 2 fully saturated rings. The SMILES string of the molecule is Cc1cc(NC(=O)C2CC2)sc1C(=O)N1CCCSCC1. The number of carbonyl (C=O) groups excluding carboxylic acids is 2. The second kappa shape index (κ2) is 6.40. The maximum Gasteiger partial charge on any atom is 0.264 e. The lowest BCUT2D eigenvalue weighted by Crippen LogP contribution is -2.32. The van der Waals surface area contributed by atoms with Crippen LogP contribution >= 0.6 is 23.1 Å². The van der Waals surface area contributed by atoms with Crippen molar-refractivity contribution < 1.29 is 9.59 Å². The van der Waals surface area contributed by atoms with Gasteiger partial charge in [-0.15, -0.1) is 11.3 Å². The molecule has 3 rings (SSSR count). The van der Waals surface area contributed by atoms with E-state index < -0.39 is 0 Å². The van der Waals surface area contributed by atoms with Gasteiger partial charge in [-0.3, -0.25) is 9.59 Å². The molecule has 0 bridgehead atoms. The van der Waals surface area contributed by atoms with Crippen LogP contribution in [-0.4, -0.2) is 41.3 Å². The summed E-state index contributed by atoms with van der Waals surface area (Å²) in [6, 6.07) is 1.92. The quantitative estimate of drug-likeness (QED) is 0.930. The largest absolute Gasteiger partial charge is 0.337 e. The molecule has 1 saturated carbocycles. The maximum absolute atomic E-state index is 12.6. The molecule has 1 aliphatic heterocycles. The Hall–Kier alpha value is -1.01. The molecule has 0 unspecified atom stereocenters. The van der Waals surface area contributed by atoms with Gasteiger partial charge in [0, 0.05) is 24.8 Å². The van der Waals surface area contributed by atoms with E-state index in [1.54, 1.807) is 0 Å². The van der Waals surface area contributed by atoms with Crippen molar-refractivity contribution in [2.24, 2.45) is 5.92 Å². The molecule has 114 valence electrons. The van der Waals surface area contributed by atoms with Crippen LogP contribution in [0.5, 0.6) is 0 Å². The summed E-state index contributed by atoms with van der Waals surface area (Å²) in [7, 11) is 0. The number of carbonyl (C=O) groups is 2. The van der Waals surface area contributed by atoms with Crippen molar-refractivity contribution in [1.82, 2.24) is 4.90 Å². The Morgan fingerprint density at radius 2 is 2.10 bits per heavy atom. The number of rotatable bonds is 3. The first-order valence-corrected chi connectivity index (χ1v) is 9.40. The molecule has 0 atom stereocenters. The second-order valence-electron chi connectivity index (χ2n) is 5.64. The van der Waals surface area contributed by atoms with Crippen molar-refractivity contribution in [1.29, 1.82) is 0 Å². The third-order valence-electron chi connectivity index (χ3n) is 3.82. The molecule has 1 N–H and O–H groups in total. The smallest absolute Gasteiger partial charge is 0.264 e. The molecule has 6 heteroatoms. The third-order valence-corrected chi connectivity index (χ3v) is 6.01. The van der Waals surface area contributed by atoms with Gasteiger partial charge in [0.2, 0.25) is 5.91 Å². The third kappa shape index (κ3) is 3.61. The summed E-state index contributed by atoms with van der Waals surface area (Å²) in [6.45, 7) is 3.61. The summed E-state index contributed by atoms with van der Waals surface area (Å²) in [5.41, 5.74) is 0.966. The van der Waals surface area contributed by atoms with Gasteiger partial charge in [-0.05, 0) is 43.6 Å². The molecule has 2 heterocycles. The number of anilines is 1. The fraction of sp³-hybridized carbons (Fsp3) is 0.600. The van der Waals surface area contributed by atoms with E-state index in [2.05, 4.69) is 5.32 Å². The average molecular weight is 324 g/mol. The van der Waals surface area contributed by atoms with Gasteiger partial charge in [0.05, 0.1) is 9.88 Å². The van der Waals surface area contributed by atoms with E-state index in [-0.39, 0.29) is 17.7 Å². The first-order chi connectivity index (χ1) is 10.1. The van der Waals surface area contributed by atoms with Crippen LogP contribution in [0, 0.1) is 12.8 Å². The number of nitrogens with one attached hydrogen (secondary N) is 1. The minimum Gasteiger partial charge on any atom is -0.337 e. The van der Waals surface area contributed by atoms with Crippen molar-refractivity contribution in [3.05, 3.63) is 16.5 Å². The van der Waals surface area contributed by atoms with Crippen LogP contribution in [0.25, 0.3) is 0 Å². The Kier molecular flexibility index (Phi) is 4.54. The van der Waals surface area contributed by atoms with Gasteiger partial charge in [0.1, 0.15) is 0 Å². The zero-order valence-corrected chi connectivity index (χ0v) is 13.8. The van der Waals surface area contributed by atoms with Gasteiger partial charge in [0.15, 0.2) is 0 Å². The predicted molar refractivity (Wildman–Crippen MR) is 88.3 cm³/mol. The predicted octanol–water partition coefficient (Wildman–Crippen LogP) is 2.98.